The van der Waals surface area contributed by atoms with Gasteiger partial charge in [-0.1, -0.05) is 12.1 Å². The van der Waals surface area contributed by atoms with E-state index in [2.05, 4.69) is 5.32 Å². The number of hydrogen-bond donors (Lipinski definition) is 1. The first-order valence-electron chi connectivity index (χ1n) is 9.07. The summed E-state index contributed by atoms with van der Waals surface area (Å²) >= 11 is 0. The van der Waals surface area contributed by atoms with Crippen molar-refractivity contribution in [1.29, 1.82) is 0 Å². The Balaban J connectivity index is 2.33. The average molecular weight is 382 g/mol. The maximum atomic E-state index is 13.7. The maximum Gasteiger partial charge on any atom is 0.494 e. The van der Waals surface area contributed by atoms with Gasteiger partial charge in [-0.25, -0.2) is 8.78 Å². The Hall–Kier alpha value is -1.51. The fourth-order valence-electron chi connectivity index (χ4n) is 2.92. The summed E-state index contributed by atoms with van der Waals surface area (Å²) in [5.74, 6) is -0.495. The quantitative estimate of drug-likeness (QED) is 0.769. The number of benzene rings is 1. The molecule has 0 atom stereocenters. The smallest absolute Gasteiger partial charge is 0.399 e. The number of carbonyl (C=O) groups excluding carboxylic acids is 1. The fraction of sp³-hybridized carbons (Fsp3) is 0.632. The molecule has 150 valence electrons. The number of nitrogens with zero attached hydrogens (tertiary/aromatic N) is 1. The summed E-state index contributed by atoms with van der Waals surface area (Å²) in [5, 5.41) is 2.71. The Bertz CT molecular complexity index is 692. The van der Waals surface area contributed by atoms with E-state index in [-0.39, 0.29) is 11.1 Å². The predicted octanol–water partition coefficient (Wildman–Crippen LogP) is 2.52. The van der Waals surface area contributed by atoms with Crippen LogP contribution in [0.1, 0.15) is 55.6 Å². The van der Waals surface area contributed by atoms with Gasteiger partial charge in [0, 0.05) is 18.7 Å². The first kappa shape index (κ1) is 21.8. The third kappa shape index (κ3) is 4.67. The summed E-state index contributed by atoms with van der Waals surface area (Å²) in [6.07, 6.45) is -2.78. The van der Waals surface area contributed by atoms with Gasteiger partial charge in [0.15, 0.2) is 0 Å². The normalized spacial score (nSPS) is 18.4. The molecule has 1 amide bonds. The summed E-state index contributed by atoms with van der Waals surface area (Å²) in [6.45, 7) is 10.3. The lowest BCUT2D eigenvalue weighted by molar-refractivity contribution is 0.00578. The van der Waals surface area contributed by atoms with Crippen molar-refractivity contribution in [3.63, 3.8) is 0 Å². The second kappa shape index (κ2) is 7.85. The van der Waals surface area contributed by atoms with Gasteiger partial charge >= 0.3 is 7.12 Å². The lowest BCUT2D eigenvalue weighted by Crippen LogP contribution is -2.41. The molecule has 0 bridgehead atoms. The number of amides is 1. The molecule has 0 saturated carbocycles. The maximum absolute atomic E-state index is 13.7. The highest BCUT2D eigenvalue weighted by Crippen LogP contribution is 2.37. The van der Waals surface area contributed by atoms with Gasteiger partial charge in [-0.3, -0.25) is 4.79 Å². The van der Waals surface area contributed by atoms with Crippen molar-refractivity contribution < 1.29 is 22.9 Å². The molecule has 1 aliphatic heterocycles. The highest BCUT2D eigenvalue weighted by atomic mass is 19.3. The van der Waals surface area contributed by atoms with Crippen molar-refractivity contribution in [1.82, 2.24) is 10.2 Å². The van der Waals surface area contributed by atoms with Crippen molar-refractivity contribution >= 4 is 18.5 Å². The molecule has 5 nitrogen and oxygen atoms in total. The molecular formula is C19H29BF2N2O3. The van der Waals surface area contributed by atoms with E-state index in [1.807, 2.05) is 46.7 Å². The van der Waals surface area contributed by atoms with E-state index in [9.17, 15) is 13.6 Å². The van der Waals surface area contributed by atoms with Gasteiger partial charge in [-0.2, -0.15) is 0 Å². The van der Waals surface area contributed by atoms with E-state index >= 15 is 0 Å². The molecule has 0 unspecified atom stereocenters. The Morgan fingerprint density at radius 1 is 1.19 bits per heavy atom. The average Bonchev–Trinajstić information content (AvgIpc) is 2.74. The Labute approximate surface area is 160 Å². The molecule has 27 heavy (non-hydrogen) atoms. The van der Waals surface area contributed by atoms with Crippen molar-refractivity contribution in [2.45, 2.75) is 52.2 Å². The topological polar surface area (TPSA) is 50.8 Å². The van der Waals surface area contributed by atoms with E-state index in [0.717, 1.165) is 0 Å². The highest BCUT2D eigenvalue weighted by Gasteiger charge is 2.52. The van der Waals surface area contributed by atoms with Gasteiger partial charge in [0.1, 0.15) is 0 Å². The fourth-order valence-corrected chi connectivity index (χ4v) is 2.92. The number of aryl methyl sites for hydroxylation is 1. The number of hydrogen-bond acceptors (Lipinski definition) is 4. The van der Waals surface area contributed by atoms with Gasteiger partial charge in [-0.15, -0.1) is 0 Å². The van der Waals surface area contributed by atoms with E-state index in [4.69, 9.17) is 9.31 Å². The molecule has 1 aromatic carbocycles. The molecule has 1 aliphatic rings. The number of carbonyl (C=O) groups is 1. The zero-order valence-electron chi connectivity index (χ0n) is 17.2. The molecular weight excluding hydrogens is 353 g/mol. The zero-order chi connectivity index (χ0) is 20.6. The molecule has 2 rings (SSSR count). The number of nitrogens with one attached hydrogen (secondary N) is 1. The first-order valence-corrected chi connectivity index (χ1v) is 9.07. The van der Waals surface area contributed by atoms with Crippen LogP contribution in [0.15, 0.2) is 12.1 Å². The Kier molecular flexibility index (Phi) is 6.34. The van der Waals surface area contributed by atoms with E-state index in [1.165, 1.54) is 6.07 Å². The SMILES string of the molecule is Cc1cc(B2OC(C)(C)C(C)(C)O2)cc(C(F)F)c1C(=O)NCCN(C)C. The summed E-state index contributed by atoms with van der Waals surface area (Å²) in [5.41, 5.74) is -0.463. The highest BCUT2D eigenvalue weighted by molar-refractivity contribution is 6.62. The largest absolute Gasteiger partial charge is 0.494 e. The van der Waals surface area contributed by atoms with E-state index < -0.39 is 30.7 Å². The molecule has 8 heteroatoms. The third-order valence-electron chi connectivity index (χ3n) is 5.22. The van der Waals surface area contributed by atoms with Gasteiger partial charge in [0.2, 0.25) is 0 Å². The Morgan fingerprint density at radius 3 is 2.22 bits per heavy atom. The predicted molar refractivity (Wildman–Crippen MR) is 103 cm³/mol. The van der Waals surface area contributed by atoms with Gasteiger partial charge < -0.3 is 19.5 Å². The first-order chi connectivity index (χ1) is 12.4. The minimum absolute atomic E-state index is 0.0176. The summed E-state index contributed by atoms with van der Waals surface area (Å²) < 4.78 is 39.4. The van der Waals surface area contributed by atoms with Crippen LogP contribution in [-0.4, -0.2) is 56.3 Å². The second-order valence-electron chi connectivity index (χ2n) is 8.25. The van der Waals surface area contributed by atoms with Gasteiger partial charge in [0.05, 0.1) is 16.8 Å². The molecule has 1 N–H and O–H groups in total. The summed E-state index contributed by atoms with van der Waals surface area (Å²) in [4.78, 5) is 14.4. The Morgan fingerprint density at radius 2 is 1.74 bits per heavy atom. The lowest BCUT2D eigenvalue weighted by Gasteiger charge is -2.32. The van der Waals surface area contributed by atoms with Crippen LogP contribution in [0.5, 0.6) is 0 Å². The minimum Gasteiger partial charge on any atom is -0.399 e. The van der Waals surface area contributed by atoms with Crippen molar-refractivity contribution in [3.05, 3.63) is 28.8 Å². The lowest BCUT2D eigenvalue weighted by atomic mass is 9.76. The van der Waals surface area contributed by atoms with Crippen molar-refractivity contribution in [2.24, 2.45) is 0 Å². The number of rotatable bonds is 6. The van der Waals surface area contributed by atoms with Gasteiger partial charge in [-0.05, 0) is 59.7 Å². The van der Waals surface area contributed by atoms with E-state index in [1.54, 1.807) is 13.0 Å². The van der Waals surface area contributed by atoms with Crippen LogP contribution in [0.4, 0.5) is 8.78 Å². The van der Waals surface area contributed by atoms with Crippen LogP contribution < -0.4 is 10.8 Å². The zero-order valence-corrected chi connectivity index (χ0v) is 17.2. The van der Waals surface area contributed by atoms with Crippen LogP contribution in [0.3, 0.4) is 0 Å². The molecule has 1 aromatic rings. The van der Waals surface area contributed by atoms with Gasteiger partial charge in [0.25, 0.3) is 12.3 Å². The van der Waals surface area contributed by atoms with Crippen LogP contribution >= 0.6 is 0 Å². The number of likely N-dealkylation sites (N-methyl/N-ethyl adjacent to an activating group) is 1. The number of alkyl halides is 2. The van der Waals surface area contributed by atoms with Crippen molar-refractivity contribution in [3.8, 4) is 0 Å². The minimum atomic E-state index is -2.78. The monoisotopic (exact) mass is 382 g/mol. The van der Waals surface area contributed by atoms with Crippen LogP contribution in [0.2, 0.25) is 0 Å². The van der Waals surface area contributed by atoms with E-state index in [0.29, 0.717) is 24.1 Å². The van der Waals surface area contributed by atoms with Crippen LogP contribution in [-0.2, 0) is 9.31 Å². The standard InChI is InChI=1S/C19H29BF2N2O3/c1-12-10-13(20-26-18(2,3)19(4,5)27-20)11-14(16(21)22)15(12)17(25)23-8-9-24(6)7/h10-11,16H,8-9H2,1-7H3,(H,23,25). The second-order valence-corrected chi connectivity index (χ2v) is 8.25. The number of halogens is 2. The molecule has 0 aliphatic carbocycles. The van der Waals surface area contributed by atoms with Crippen molar-refractivity contribution in [2.75, 3.05) is 27.2 Å². The molecule has 0 spiro atoms. The van der Waals surface area contributed by atoms with Crippen LogP contribution in [0.25, 0.3) is 0 Å². The molecule has 1 saturated heterocycles. The summed E-state index contributed by atoms with van der Waals surface area (Å²) in [7, 11) is 3.00. The summed E-state index contributed by atoms with van der Waals surface area (Å²) in [6, 6.07) is 3.01. The molecule has 0 aromatic heterocycles. The molecule has 0 radical (unpaired) electrons. The molecule has 1 heterocycles. The third-order valence-corrected chi connectivity index (χ3v) is 5.22. The molecule has 1 fully saturated rings. The van der Waals surface area contributed by atoms with Crippen LogP contribution in [0, 0.1) is 6.92 Å².